The van der Waals surface area contributed by atoms with Gasteiger partial charge in [0.05, 0.1) is 20.3 Å². The zero-order chi connectivity index (χ0) is 25.8. The molecule has 1 aliphatic heterocycles. The van der Waals surface area contributed by atoms with Crippen molar-refractivity contribution in [3.63, 3.8) is 0 Å². The zero-order valence-electron chi connectivity index (χ0n) is 21.2. The van der Waals surface area contributed by atoms with Crippen LogP contribution in [0.25, 0.3) is 0 Å². The number of anilines is 2. The van der Waals surface area contributed by atoms with E-state index in [1.165, 1.54) is 12.8 Å². The van der Waals surface area contributed by atoms with Crippen molar-refractivity contribution in [1.29, 1.82) is 0 Å². The van der Waals surface area contributed by atoms with E-state index in [2.05, 4.69) is 5.32 Å². The smallest absolute Gasteiger partial charge is 0.255 e. The second-order valence-electron chi connectivity index (χ2n) is 9.58. The van der Waals surface area contributed by atoms with Crippen molar-refractivity contribution in [3.8, 4) is 17.2 Å². The molecule has 1 unspecified atom stereocenters. The van der Waals surface area contributed by atoms with E-state index in [4.69, 9.17) is 14.2 Å². The standard InChI is InChI=1S/C30H32N2O5/c1-35-26-12-5-7-21(15-26)30(34)31-23-8-6-9-24(18-23)32-19-22(17-29(32)33)20-13-14-27(36-2)28(16-20)37-25-10-3-4-11-25/h5-9,12-16,18,22,25H,3-4,10-11,17,19H2,1-2H3,(H,31,34). The molecule has 1 N–H and O–H groups in total. The van der Waals surface area contributed by atoms with Crippen LogP contribution in [0.1, 0.15) is 53.9 Å². The van der Waals surface area contributed by atoms with E-state index in [1.54, 1.807) is 43.4 Å². The van der Waals surface area contributed by atoms with Crippen LogP contribution in [-0.2, 0) is 4.79 Å². The Morgan fingerprint density at radius 2 is 1.73 bits per heavy atom. The van der Waals surface area contributed by atoms with Crippen LogP contribution in [-0.4, -0.2) is 38.7 Å². The number of amides is 2. The third kappa shape index (κ3) is 5.56. The summed E-state index contributed by atoms with van der Waals surface area (Å²) in [5.74, 6) is 1.94. The quantitative estimate of drug-likeness (QED) is 0.423. The first-order valence-corrected chi connectivity index (χ1v) is 12.7. The van der Waals surface area contributed by atoms with Crippen molar-refractivity contribution in [1.82, 2.24) is 0 Å². The normalized spacial score (nSPS) is 17.6. The maximum atomic E-state index is 13.0. The molecule has 37 heavy (non-hydrogen) atoms. The van der Waals surface area contributed by atoms with Gasteiger partial charge in [-0.05, 0) is 79.8 Å². The zero-order valence-corrected chi connectivity index (χ0v) is 21.2. The lowest BCUT2D eigenvalue weighted by molar-refractivity contribution is -0.117. The fourth-order valence-corrected chi connectivity index (χ4v) is 5.12. The molecule has 1 aliphatic carbocycles. The molecule has 0 bridgehead atoms. The van der Waals surface area contributed by atoms with Gasteiger partial charge in [-0.1, -0.05) is 18.2 Å². The molecule has 7 nitrogen and oxygen atoms in total. The second-order valence-corrected chi connectivity index (χ2v) is 9.58. The SMILES string of the molecule is COc1cccc(C(=O)Nc2cccc(N3CC(c4ccc(OC)c(OC5CCCC5)c4)CC3=O)c2)c1. The second kappa shape index (κ2) is 10.9. The summed E-state index contributed by atoms with van der Waals surface area (Å²) in [5, 5.41) is 2.92. The molecule has 0 radical (unpaired) electrons. The number of nitrogens with one attached hydrogen (secondary N) is 1. The molecule has 0 aromatic heterocycles. The van der Waals surface area contributed by atoms with Crippen molar-refractivity contribution >= 4 is 23.2 Å². The highest BCUT2D eigenvalue weighted by Crippen LogP contribution is 2.38. The number of ether oxygens (including phenoxy) is 3. The van der Waals surface area contributed by atoms with E-state index < -0.39 is 0 Å². The summed E-state index contributed by atoms with van der Waals surface area (Å²) in [5.41, 5.74) is 2.94. The van der Waals surface area contributed by atoms with Gasteiger partial charge in [-0.2, -0.15) is 0 Å². The third-order valence-electron chi connectivity index (χ3n) is 7.13. The molecule has 3 aromatic carbocycles. The fraction of sp³-hybridized carbons (Fsp3) is 0.333. The molecule has 5 rings (SSSR count). The number of carbonyl (C=O) groups excluding carboxylic acids is 2. The van der Waals surface area contributed by atoms with Crippen LogP contribution in [0, 0.1) is 0 Å². The molecule has 192 valence electrons. The van der Waals surface area contributed by atoms with Gasteiger partial charge in [0.1, 0.15) is 5.75 Å². The summed E-state index contributed by atoms with van der Waals surface area (Å²) in [7, 11) is 3.22. The largest absolute Gasteiger partial charge is 0.497 e. The molecule has 7 heteroatoms. The highest BCUT2D eigenvalue weighted by Gasteiger charge is 2.32. The van der Waals surface area contributed by atoms with E-state index in [9.17, 15) is 9.59 Å². The number of methoxy groups -OCH3 is 2. The lowest BCUT2D eigenvalue weighted by atomic mass is 9.98. The van der Waals surface area contributed by atoms with E-state index in [-0.39, 0.29) is 23.8 Å². The van der Waals surface area contributed by atoms with Crippen LogP contribution in [0.4, 0.5) is 11.4 Å². The molecule has 0 spiro atoms. The van der Waals surface area contributed by atoms with Gasteiger partial charge >= 0.3 is 0 Å². The average Bonchev–Trinajstić information content (AvgIpc) is 3.58. The van der Waals surface area contributed by atoms with Gasteiger partial charge in [-0.3, -0.25) is 9.59 Å². The van der Waals surface area contributed by atoms with Crippen LogP contribution < -0.4 is 24.4 Å². The molecular weight excluding hydrogens is 468 g/mol. The topological polar surface area (TPSA) is 77.1 Å². The molecule has 2 aliphatic rings. The summed E-state index contributed by atoms with van der Waals surface area (Å²) in [4.78, 5) is 27.6. The van der Waals surface area contributed by atoms with Crippen LogP contribution >= 0.6 is 0 Å². The van der Waals surface area contributed by atoms with Gasteiger partial charge in [-0.15, -0.1) is 0 Å². The Morgan fingerprint density at radius 3 is 2.51 bits per heavy atom. The summed E-state index contributed by atoms with van der Waals surface area (Å²) >= 11 is 0. The van der Waals surface area contributed by atoms with E-state index >= 15 is 0 Å². The number of carbonyl (C=O) groups is 2. The molecule has 2 amide bonds. The summed E-state index contributed by atoms with van der Waals surface area (Å²) in [6.07, 6.45) is 5.15. The molecule has 1 atom stereocenters. The van der Waals surface area contributed by atoms with Crippen molar-refractivity contribution in [3.05, 3.63) is 77.9 Å². The van der Waals surface area contributed by atoms with Crippen LogP contribution in [0.15, 0.2) is 66.7 Å². The van der Waals surface area contributed by atoms with Crippen molar-refractivity contribution in [2.24, 2.45) is 0 Å². The van der Waals surface area contributed by atoms with Gasteiger partial charge in [-0.25, -0.2) is 0 Å². The number of rotatable bonds is 8. The first-order valence-electron chi connectivity index (χ1n) is 12.7. The van der Waals surface area contributed by atoms with E-state index in [1.807, 2.05) is 42.5 Å². The third-order valence-corrected chi connectivity index (χ3v) is 7.13. The van der Waals surface area contributed by atoms with E-state index in [0.29, 0.717) is 30.0 Å². The maximum absolute atomic E-state index is 13.0. The Labute approximate surface area is 217 Å². The summed E-state index contributed by atoms with van der Waals surface area (Å²) in [6, 6.07) is 20.4. The maximum Gasteiger partial charge on any atom is 0.255 e. The lowest BCUT2D eigenvalue weighted by Gasteiger charge is -2.20. The molecule has 1 heterocycles. The number of benzene rings is 3. The van der Waals surface area contributed by atoms with Crippen molar-refractivity contribution < 1.29 is 23.8 Å². The highest BCUT2D eigenvalue weighted by atomic mass is 16.5. The minimum Gasteiger partial charge on any atom is -0.497 e. The van der Waals surface area contributed by atoms with Crippen molar-refractivity contribution in [2.75, 3.05) is 31.0 Å². The van der Waals surface area contributed by atoms with E-state index in [0.717, 1.165) is 35.6 Å². The number of nitrogens with zero attached hydrogens (tertiary/aromatic N) is 1. The first-order chi connectivity index (χ1) is 18.0. The van der Waals surface area contributed by atoms with Crippen LogP contribution in [0.5, 0.6) is 17.2 Å². The van der Waals surface area contributed by atoms with Crippen LogP contribution in [0.2, 0.25) is 0 Å². The monoisotopic (exact) mass is 500 g/mol. The minimum atomic E-state index is -0.241. The Morgan fingerprint density at radius 1 is 0.919 bits per heavy atom. The lowest BCUT2D eigenvalue weighted by Crippen LogP contribution is -2.24. The number of hydrogen-bond acceptors (Lipinski definition) is 5. The van der Waals surface area contributed by atoms with Crippen LogP contribution in [0.3, 0.4) is 0 Å². The predicted octanol–water partition coefficient (Wildman–Crippen LogP) is 5.80. The summed E-state index contributed by atoms with van der Waals surface area (Å²) < 4.78 is 17.0. The van der Waals surface area contributed by atoms with Gasteiger partial charge in [0.15, 0.2) is 11.5 Å². The van der Waals surface area contributed by atoms with Gasteiger partial charge in [0.2, 0.25) is 5.91 Å². The number of hydrogen-bond donors (Lipinski definition) is 1. The Hall–Kier alpha value is -4.00. The average molecular weight is 501 g/mol. The Balaban J connectivity index is 1.30. The molecular formula is C30H32N2O5. The molecule has 3 aromatic rings. The summed E-state index contributed by atoms with van der Waals surface area (Å²) in [6.45, 7) is 0.557. The highest BCUT2D eigenvalue weighted by molar-refractivity contribution is 6.05. The minimum absolute atomic E-state index is 0.0411. The Kier molecular flexibility index (Phi) is 7.30. The molecule has 1 saturated carbocycles. The van der Waals surface area contributed by atoms with Gasteiger partial charge in [0, 0.05) is 35.8 Å². The first kappa shape index (κ1) is 24.7. The molecule has 1 saturated heterocycles. The molecule has 2 fully saturated rings. The predicted molar refractivity (Wildman–Crippen MR) is 143 cm³/mol. The van der Waals surface area contributed by atoms with Gasteiger partial charge in [0.25, 0.3) is 5.91 Å². The van der Waals surface area contributed by atoms with Crippen molar-refractivity contribution in [2.45, 2.75) is 44.1 Å². The Bertz CT molecular complexity index is 1280. The fourth-order valence-electron chi connectivity index (χ4n) is 5.12. The van der Waals surface area contributed by atoms with Gasteiger partial charge < -0.3 is 24.4 Å².